The van der Waals surface area contributed by atoms with Crippen LogP contribution in [0.15, 0.2) is 33.8 Å². The van der Waals surface area contributed by atoms with E-state index in [1.165, 1.54) is 5.69 Å². The van der Waals surface area contributed by atoms with E-state index in [1.807, 2.05) is 19.1 Å². The lowest BCUT2D eigenvalue weighted by Crippen LogP contribution is -2.51. The molecule has 2 N–H and O–H groups in total. The van der Waals surface area contributed by atoms with Crippen molar-refractivity contribution in [3.8, 4) is 0 Å². The van der Waals surface area contributed by atoms with E-state index in [0.717, 1.165) is 54.6 Å². The maximum absolute atomic E-state index is 6.20. The van der Waals surface area contributed by atoms with Gasteiger partial charge in [0.2, 0.25) is 0 Å². The predicted molar refractivity (Wildman–Crippen MR) is 101 cm³/mol. The Bertz CT molecular complexity index is 732. The van der Waals surface area contributed by atoms with E-state index in [4.69, 9.17) is 21.9 Å². The highest BCUT2D eigenvalue weighted by molar-refractivity contribution is 6.30. The zero-order valence-corrected chi connectivity index (χ0v) is 15.5. The largest absolute Gasteiger partial charge is 0.370 e. The molecule has 0 aliphatic carbocycles. The Morgan fingerprint density at radius 1 is 1.24 bits per heavy atom. The van der Waals surface area contributed by atoms with Crippen molar-refractivity contribution >= 4 is 23.2 Å². The van der Waals surface area contributed by atoms with Crippen molar-refractivity contribution in [2.45, 2.75) is 26.8 Å². The van der Waals surface area contributed by atoms with Gasteiger partial charge in [-0.2, -0.15) is 0 Å². The van der Waals surface area contributed by atoms with Gasteiger partial charge in [0.05, 0.1) is 12.2 Å². The van der Waals surface area contributed by atoms with Gasteiger partial charge >= 0.3 is 0 Å². The summed E-state index contributed by atoms with van der Waals surface area (Å²) in [7, 11) is 0. The first-order valence-corrected chi connectivity index (χ1v) is 8.95. The first-order chi connectivity index (χ1) is 12.1. The Hall–Kier alpha value is -2.21. The van der Waals surface area contributed by atoms with Crippen molar-refractivity contribution in [3.63, 3.8) is 0 Å². The highest BCUT2D eigenvalue weighted by atomic mass is 35.5. The second kappa shape index (κ2) is 7.78. The summed E-state index contributed by atoms with van der Waals surface area (Å²) in [5.74, 6) is 1.40. The second-order valence-electron chi connectivity index (χ2n) is 6.14. The smallest absolute Gasteiger partial charge is 0.191 e. The Balaban J connectivity index is 1.58. The van der Waals surface area contributed by atoms with Crippen molar-refractivity contribution in [2.75, 3.05) is 31.1 Å². The van der Waals surface area contributed by atoms with Crippen LogP contribution in [0, 0.1) is 6.92 Å². The highest BCUT2D eigenvalue weighted by Gasteiger charge is 2.19. The third-order valence-corrected chi connectivity index (χ3v) is 4.85. The molecule has 0 spiro atoms. The fourth-order valence-corrected chi connectivity index (χ4v) is 3.15. The number of nitrogens with zero attached hydrogens (tertiary/aromatic N) is 4. The number of rotatable bonds is 4. The second-order valence-corrected chi connectivity index (χ2v) is 6.58. The average Bonchev–Trinajstić information content (AvgIpc) is 3.00. The van der Waals surface area contributed by atoms with Crippen LogP contribution in [0.25, 0.3) is 0 Å². The number of aromatic nitrogens is 1. The molecule has 25 heavy (non-hydrogen) atoms. The van der Waals surface area contributed by atoms with Crippen LogP contribution in [-0.4, -0.2) is 42.2 Å². The average molecular weight is 362 g/mol. The molecule has 6 nitrogen and oxygen atoms in total. The molecule has 1 aliphatic rings. The molecular weight excluding hydrogens is 338 g/mol. The van der Waals surface area contributed by atoms with Gasteiger partial charge in [0, 0.05) is 42.5 Å². The molecule has 3 rings (SSSR count). The minimum Gasteiger partial charge on any atom is -0.370 e. The minimum atomic E-state index is 0.516. The molecule has 0 bridgehead atoms. The number of aryl methyl sites for hydroxylation is 2. The van der Waals surface area contributed by atoms with Crippen molar-refractivity contribution in [3.05, 3.63) is 46.3 Å². The van der Waals surface area contributed by atoms with E-state index in [-0.39, 0.29) is 0 Å². The third-order valence-electron chi connectivity index (χ3n) is 4.60. The topological polar surface area (TPSA) is 70.9 Å². The summed E-state index contributed by atoms with van der Waals surface area (Å²) in [6.45, 7) is 8.00. The Morgan fingerprint density at radius 2 is 1.92 bits per heavy atom. The monoisotopic (exact) mass is 361 g/mol. The van der Waals surface area contributed by atoms with Crippen LogP contribution in [0.2, 0.25) is 5.02 Å². The number of anilines is 1. The molecule has 1 aliphatic heterocycles. The third kappa shape index (κ3) is 4.07. The number of hydrogen-bond donors (Lipinski definition) is 1. The van der Waals surface area contributed by atoms with Gasteiger partial charge in [-0.15, -0.1) is 0 Å². The van der Waals surface area contributed by atoms with E-state index in [9.17, 15) is 0 Å². The lowest BCUT2D eigenvalue weighted by atomic mass is 10.1. The number of piperazine rings is 1. The molecule has 0 atom stereocenters. The van der Waals surface area contributed by atoms with E-state index >= 15 is 0 Å². The molecule has 7 heteroatoms. The minimum absolute atomic E-state index is 0.516. The Kier molecular flexibility index (Phi) is 5.48. The summed E-state index contributed by atoms with van der Waals surface area (Å²) >= 11 is 5.95. The van der Waals surface area contributed by atoms with Gasteiger partial charge in [-0.05, 0) is 37.6 Å². The lowest BCUT2D eigenvalue weighted by Gasteiger charge is -2.36. The molecular formula is C18H24ClN5O. The molecule has 134 valence electrons. The molecule has 1 saturated heterocycles. The first kappa shape index (κ1) is 17.6. The van der Waals surface area contributed by atoms with E-state index in [0.29, 0.717) is 12.5 Å². The lowest BCUT2D eigenvalue weighted by molar-refractivity contribution is 0.380. The van der Waals surface area contributed by atoms with E-state index in [2.05, 4.69) is 39.0 Å². The van der Waals surface area contributed by atoms with Gasteiger partial charge in [0.15, 0.2) is 5.96 Å². The zero-order valence-electron chi connectivity index (χ0n) is 14.7. The molecule has 0 radical (unpaired) electrons. The summed E-state index contributed by atoms with van der Waals surface area (Å²) in [6, 6.07) is 7.95. The fourth-order valence-electron chi connectivity index (χ4n) is 3.02. The number of guanidine groups is 1. The van der Waals surface area contributed by atoms with Crippen molar-refractivity contribution in [1.82, 2.24) is 10.1 Å². The Labute approximate surface area is 153 Å². The van der Waals surface area contributed by atoms with E-state index in [1.54, 1.807) is 0 Å². The maximum atomic E-state index is 6.20. The van der Waals surface area contributed by atoms with Gasteiger partial charge in [0.25, 0.3) is 0 Å². The molecule has 0 amide bonds. The van der Waals surface area contributed by atoms with E-state index < -0.39 is 0 Å². The van der Waals surface area contributed by atoms with Gasteiger partial charge in [-0.1, -0.05) is 23.7 Å². The molecule has 2 aromatic rings. The van der Waals surface area contributed by atoms with Gasteiger partial charge < -0.3 is 20.1 Å². The highest BCUT2D eigenvalue weighted by Crippen LogP contribution is 2.19. The van der Waals surface area contributed by atoms with Crippen LogP contribution in [0.4, 0.5) is 5.69 Å². The van der Waals surface area contributed by atoms with Crippen LogP contribution >= 0.6 is 11.6 Å². The summed E-state index contributed by atoms with van der Waals surface area (Å²) in [4.78, 5) is 9.01. The van der Waals surface area contributed by atoms with Gasteiger partial charge in [-0.25, -0.2) is 4.99 Å². The molecule has 1 fully saturated rings. The normalized spacial score (nSPS) is 15.7. The van der Waals surface area contributed by atoms with Crippen LogP contribution in [-0.2, 0) is 13.0 Å². The SMILES string of the molecule is CCc1noc(C)c1CN=C(N)N1CCN(c2ccc(Cl)cc2)CC1. The number of halogens is 1. The maximum Gasteiger partial charge on any atom is 0.191 e. The van der Waals surface area contributed by atoms with Crippen molar-refractivity contribution in [1.29, 1.82) is 0 Å². The fraction of sp³-hybridized carbons (Fsp3) is 0.444. The first-order valence-electron chi connectivity index (χ1n) is 8.58. The van der Waals surface area contributed by atoms with Crippen molar-refractivity contribution in [2.24, 2.45) is 10.7 Å². The van der Waals surface area contributed by atoms with Crippen LogP contribution in [0.1, 0.15) is 23.9 Å². The quantitative estimate of drug-likeness (QED) is 0.669. The van der Waals surface area contributed by atoms with Crippen LogP contribution in [0.5, 0.6) is 0 Å². The summed E-state index contributed by atoms with van der Waals surface area (Å²) in [5, 5.41) is 4.82. The molecule has 0 saturated carbocycles. The van der Waals surface area contributed by atoms with Crippen LogP contribution < -0.4 is 10.6 Å². The summed E-state index contributed by atoms with van der Waals surface area (Å²) < 4.78 is 5.25. The molecule has 0 unspecified atom stereocenters. The number of benzene rings is 1. The van der Waals surface area contributed by atoms with Crippen LogP contribution in [0.3, 0.4) is 0 Å². The zero-order chi connectivity index (χ0) is 17.8. The number of hydrogen-bond acceptors (Lipinski definition) is 4. The predicted octanol–water partition coefficient (Wildman–Crippen LogP) is 2.84. The van der Waals surface area contributed by atoms with Gasteiger partial charge in [0.1, 0.15) is 5.76 Å². The number of aliphatic imine (C=N–C) groups is 1. The molecule has 1 aromatic carbocycles. The summed E-state index contributed by atoms with van der Waals surface area (Å²) in [6.07, 6.45) is 0.835. The standard InChI is InChI=1S/C18H24ClN5O/c1-3-17-16(13(2)25-22-17)12-21-18(20)24-10-8-23(9-11-24)15-6-4-14(19)5-7-15/h4-7H,3,8-12H2,1-2H3,(H2,20,21). The van der Waals surface area contributed by atoms with Crippen molar-refractivity contribution < 1.29 is 4.52 Å². The summed E-state index contributed by atoms with van der Waals surface area (Å²) in [5.41, 5.74) is 9.39. The Morgan fingerprint density at radius 3 is 2.56 bits per heavy atom. The molecule has 1 aromatic heterocycles. The molecule has 2 heterocycles. The van der Waals surface area contributed by atoms with Gasteiger partial charge in [-0.3, -0.25) is 0 Å². The number of nitrogens with two attached hydrogens (primary N) is 1.